The minimum atomic E-state index is -0.905. The third-order valence-electron chi connectivity index (χ3n) is 6.38. The molecule has 4 aromatic rings. The fourth-order valence-corrected chi connectivity index (χ4v) is 4.65. The average Bonchev–Trinajstić information content (AvgIpc) is 3.26. The van der Waals surface area contributed by atoms with Crippen LogP contribution in [-0.4, -0.2) is 16.1 Å². The lowest BCUT2D eigenvalue weighted by molar-refractivity contribution is 0.0695. The van der Waals surface area contributed by atoms with E-state index in [-0.39, 0.29) is 6.04 Å². The summed E-state index contributed by atoms with van der Waals surface area (Å²) >= 11 is 0. The largest absolute Gasteiger partial charge is 0.478 e. The molecular formula is C29H26N2O3. The van der Waals surface area contributed by atoms with Gasteiger partial charge in [-0.2, -0.15) is 0 Å². The summed E-state index contributed by atoms with van der Waals surface area (Å²) in [5, 5.41) is 13.0. The zero-order valence-electron chi connectivity index (χ0n) is 19.0. The van der Waals surface area contributed by atoms with Crippen LogP contribution in [0.3, 0.4) is 0 Å². The lowest BCUT2D eigenvalue weighted by Crippen LogP contribution is -2.13. The molecule has 0 aliphatic carbocycles. The summed E-state index contributed by atoms with van der Waals surface area (Å²) < 4.78 is 5.97. The number of fused-ring (bicyclic) bond motifs is 1. The first kappa shape index (κ1) is 21.9. The fourth-order valence-electron chi connectivity index (χ4n) is 4.65. The van der Waals surface area contributed by atoms with Crippen LogP contribution in [0.2, 0.25) is 0 Å². The van der Waals surface area contributed by atoms with Gasteiger partial charge in [-0.15, -0.1) is 0 Å². The van der Waals surface area contributed by atoms with Crippen LogP contribution < -0.4 is 10.1 Å². The van der Waals surface area contributed by atoms with Gasteiger partial charge in [0.25, 0.3) is 0 Å². The summed E-state index contributed by atoms with van der Waals surface area (Å²) in [6.45, 7) is 2.91. The number of nitrogens with zero attached hydrogens (tertiary/aromatic N) is 1. The second-order valence-corrected chi connectivity index (χ2v) is 8.62. The van der Waals surface area contributed by atoms with E-state index in [0.717, 1.165) is 35.6 Å². The molecule has 2 heterocycles. The van der Waals surface area contributed by atoms with Crippen molar-refractivity contribution in [3.8, 4) is 22.6 Å². The molecule has 1 aromatic heterocycles. The Labute approximate surface area is 199 Å². The van der Waals surface area contributed by atoms with Crippen molar-refractivity contribution in [1.82, 2.24) is 10.3 Å². The normalized spacial score (nSPS) is 14.6. The van der Waals surface area contributed by atoms with Gasteiger partial charge >= 0.3 is 5.97 Å². The topological polar surface area (TPSA) is 71.5 Å². The van der Waals surface area contributed by atoms with E-state index in [1.807, 2.05) is 36.4 Å². The first-order chi connectivity index (χ1) is 16.6. The molecule has 1 atom stereocenters. The molecule has 0 spiro atoms. The maximum absolute atomic E-state index is 11.5. The molecule has 0 amide bonds. The van der Waals surface area contributed by atoms with Gasteiger partial charge in [0.15, 0.2) is 0 Å². The number of carbonyl (C=O) groups is 1. The number of aromatic nitrogens is 1. The zero-order valence-corrected chi connectivity index (χ0v) is 19.0. The fraction of sp³-hybridized carbons (Fsp3) is 0.172. The van der Waals surface area contributed by atoms with Crippen molar-refractivity contribution in [2.45, 2.75) is 32.4 Å². The minimum Gasteiger partial charge on any atom is -0.478 e. The van der Waals surface area contributed by atoms with Crippen LogP contribution in [0.15, 0.2) is 85.2 Å². The van der Waals surface area contributed by atoms with Gasteiger partial charge in [0.1, 0.15) is 11.5 Å². The molecular weight excluding hydrogens is 424 g/mol. The van der Waals surface area contributed by atoms with Gasteiger partial charge in [-0.3, -0.25) is 4.98 Å². The third kappa shape index (κ3) is 4.56. The number of rotatable bonds is 7. The van der Waals surface area contributed by atoms with Crippen LogP contribution in [0.5, 0.6) is 11.5 Å². The lowest BCUT2D eigenvalue weighted by Gasteiger charge is -2.14. The molecule has 0 saturated carbocycles. The number of hydrogen-bond donors (Lipinski definition) is 2. The van der Waals surface area contributed by atoms with Gasteiger partial charge in [0.05, 0.1) is 5.56 Å². The Bertz CT molecular complexity index is 1330. The molecule has 0 bridgehead atoms. The highest BCUT2D eigenvalue weighted by molar-refractivity contribution is 5.89. The zero-order chi connectivity index (χ0) is 23.5. The van der Waals surface area contributed by atoms with E-state index in [1.165, 1.54) is 28.5 Å². The van der Waals surface area contributed by atoms with E-state index in [9.17, 15) is 9.90 Å². The Morgan fingerprint density at radius 2 is 1.91 bits per heavy atom. The molecule has 0 fully saturated rings. The van der Waals surface area contributed by atoms with Crippen LogP contribution >= 0.6 is 0 Å². The lowest BCUT2D eigenvalue weighted by atomic mass is 9.93. The van der Waals surface area contributed by atoms with Crippen LogP contribution in [-0.2, 0) is 13.0 Å². The SMILES string of the molecule is Cc1cc(Oc2ccccc2)ccc1-c1ccc2c(c1)CN[C@@H]2CCc1cnccc1C(=O)O. The Hall–Kier alpha value is -3.96. The number of para-hydroxylation sites is 1. The Kier molecular flexibility index (Phi) is 6.11. The first-order valence-electron chi connectivity index (χ1n) is 11.4. The van der Waals surface area contributed by atoms with Gasteiger partial charge in [0.2, 0.25) is 0 Å². The van der Waals surface area contributed by atoms with E-state index >= 15 is 0 Å². The van der Waals surface area contributed by atoms with Crippen molar-refractivity contribution >= 4 is 5.97 Å². The number of pyridine rings is 1. The molecule has 0 radical (unpaired) electrons. The quantitative estimate of drug-likeness (QED) is 0.344. The number of ether oxygens (including phenoxy) is 1. The van der Waals surface area contributed by atoms with Gasteiger partial charge in [0, 0.05) is 25.0 Å². The standard InChI is InChI=1S/C29H26N2O3/c1-19-15-24(34-23-5-3-2-4-6-23)9-11-25(19)20-7-10-26-22(16-20)18-31-28(26)12-8-21-17-30-14-13-27(21)29(32)33/h2-7,9-11,13-17,28,31H,8,12,18H2,1H3,(H,32,33)/t28-/m1/s1. The number of nitrogens with one attached hydrogen (secondary N) is 1. The predicted molar refractivity (Wildman–Crippen MR) is 132 cm³/mol. The predicted octanol–water partition coefficient (Wildman–Crippen LogP) is 6.32. The van der Waals surface area contributed by atoms with Gasteiger partial charge in [-0.05, 0) is 89.5 Å². The van der Waals surface area contributed by atoms with E-state index in [1.54, 1.807) is 12.3 Å². The highest BCUT2D eigenvalue weighted by Gasteiger charge is 2.23. The molecule has 1 aliphatic rings. The van der Waals surface area contributed by atoms with Crippen molar-refractivity contribution in [3.05, 3.63) is 113 Å². The molecule has 0 unspecified atom stereocenters. The second kappa shape index (κ2) is 9.49. The number of carboxylic acids is 1. The second-order valence-electron chi connectivity index (χ2n) is 8.62. The van der Waals surface area contributed by atoms with Gasteiger partial charge < -0.3 is 15.2 Å². The summed E-state index contributed by atoms with van der Waals surface area (Å²) in [7, 11) is 0. The molecule has 5 nitrogen and oxygen atoms in total. The monoisotopic (exact) mass is 450 g/mol. The smallest absolute Gasteiger partial charge is 0.336 e. The van der Waals surface area contributed by atoms with E-state index in [2.05, 4.69) is 47.6 Å². The van der Waals surface area contributed by atoms with Crippen LogP contribution in [0.25, 0.3) is 11.1 Å². The van der Waals surface area contributed by atoms with Crippen molar-refractivity contribution in [3.63, 3.8) is 0 Å². The number of carboxylic acid groups (broad SMARTS) is 1. The Morgan fingerprint density at radius 1 is 1.06 bits per heavy atom. The van der Waals surface area contributed by atoms with E-state index in [0.29, 0.717) is 12.0 Å². The average molecular weight is 451 g/mol. The molecule has 1 aliphatic heterocycles. The summed E-state index contributed by atoms with van der Waals surface area (Å²) in [5.41, 5.74) is 7.21. The maximum atomic E-state index is 11.5. The highest BCUT2D eigenvalue weighted by Crippen LogP contribution is 2.35. The van der Waals surface area contributed by atoms with Crippen molar-refractivity contribution in [2.75, 3.05) is 0 Å². The third-order valence-corrected chi connectivity index (χ3v) is 6.38. The van der Waals surface area contributed by atoms with Crippen LogP contribution in [0.4, 0.5) is 0 Å². The van der Waals surface area contributed by atoms with Gasteiger partial charge in [-0.25, -0.2) is 4.79 Å². The Morgan fingerprint density at radius 3 is 2.71 bits per heavy atom. The molecule has 3 aromatic carbocycles. The first-order valence-corrected chi connectivity index (χ1v) is 11.4. The number of benzene rings is 3. The van der Waals surface area contributed by atoms with Crippen molar-refractivity contribution < 1.29 is 14.6 Å². The number of aromatic carboxylic acids is 1. The number of hydrogen-bond acceptors (Lipinski definition) is 4. The molecule has 2 N–H and O–H groups in total. The highest BCUT2D eigenvalue weighted by atomic mass is 16.5. The number of aryl methyl sites for hydroxylation is 2. The maximum Gasteiger partial charge on any atom is 0.336 e. The summed E-state index contributed by atoms with van der Waals surface area (Å²) in [6.07, 6.45) is 4.68. The molecule has 34 heavy (non-hydrogen) atoms. The van der Waals surface area contributed by atoms with E-state index < -0.39 is 5.97 Å². The summed E-state index contributed by atoms with van der Waals surface area (Å²) in [6, 6.07) is 24.4. The van der Waals surface area contributed by atoms with Crippen LogP contribution in [0, 0.1) is 6.92 Å². The molecule has 0 saturated heterocycles. The van der Waals surface area contributed by atoms with E-state index in [4.69, 9.17) is 4.74 Å². The minimum absolute atomic E-state index is 0.202. The summed E-state index contributed by atoms with van der Waals surface area (Å²) in [5.74, 6) is 0.745. The molecule has 5 heteroatoms. The Balaban J connectivity index is 1.31. The van der Waals surface area contributed by atoms with Gasteiger partial charge in [-0.1, -0.05) is 36.4 Å². The molecule has 5 rings (SSSR count). The molecule has 170 valence electrons. The van der Waals surface area contributed by atoms with Crippen molar-refractivity contribution in [2.24, 2.45) is 0 Å². The summed E-state index contributed by atoms with van der Waals surface area (Å²) in [4.78, 5) is 15.6. The van der Waals surface area contributed by atoms with Crippen molar-refractivity contribution in [1.29, 1.82) is 0 Å². The van der Waals surface area contributed by atoms with Crippen LogP contribution in [0.1, 0.15) is 45.1 Å².